The van der Waals surface area contributed by atoms with Crippen LogP contribution in [0.3, 0.4) is 0 Å². The number of carbonyl (C=O) groups excluding carboxylic acids is 1. The van der Waals surface area contributed by atoms with E-state index in [2.05, 4.69) is 11.4 Å². The molecular weight excluding hydrogens is 228 g/mol. The number of nitrogens with one attached hydrogen (secondary N) is 1. The van der Waals surface area contributed by atoms with E-state index in [4.69, 9.17) is 10.00 Å². The van der Waals surface area contributed by atoms with Crippen LogP contribution >= 0.6 is 0 Å². The van der Waals surface area contributed by atoms with E-state index in [0.29, 0.717) is 17.9 Å². The van der Waals surface area contributed by atoms with Gasteiger partial charge in [-0.05, 0) is 31.9 Å². The minimum atomic E-state index is -1.00. The van der Waals surface area contributed by atoms with Gasteiger partial charge in [0.15, 0.2) is 0 Å². The fourth-order valence-electron chi connectivity index (χ4n) is 1.41. The molecule has 0 saturated heterocycles. The maximum absolute atomic E-state index is 12.1. The van der Waals surface area contributed by atoms with Crippen LogP contribution in [0.25, 0.3) is 0 Å². The van der Waals surface area contributed by atoms with Crippen LogP contribution in [0.5, 0.6) is 5.75 Å². The van der Waals surface area contributed by atoms with Gasteiger partial charge in [-0.1, -0.05) is 13.0 Å². The van der Waals surface area contributed by atoms with Crippen LogP contribution in [0, 0.1) is 23.7 Å². The molecule has 0 aliphatic heterocycles. The van der Waals surface area contributed by atoms with E-state index in [1.54, 1.807) is 20.1 Å². The van der Waals surface area contributed by atoms with E-state index in [1.807, 2.05) is 26.0 Å². The first-order valence-corrected chi connectivity index (χ1v) is 5.84. The van der Waals surface area contributed by atoms with Crippen molar-refractivity contribution in [2.75, 3.05) is 12.4 Å². The van der Waals surface area contributed by atoms with Crippen LogP contribution in [0.1, 0.15) is 25.8 Å². The lowest BCUT2D eigenvalue weighted by atomic mass is 9.88. The number of nitriles is 1. The second kappa shape index (κ2) is 5.54. The first-order valence-electron chi connectivity index (χ1n) is 5.84. The Morgan fingerprint density at radius 3 is 2.72 bits per heavy atom. The summed E-state index contributed by atoms with van der Waals surface area (Å²) in [5, 5.41) is 11.9. The van der Waals surface area contributed by atoms with E-state index < -0.39 is 5.41 Å². The highest BCUT2D eigenvalue weighted by Crippen LogP contribution is 2.26. The Balaban J connectivity index is 2.98. The molecule has 1 rings (SSSR count). The number of carbonyl (C=O) groups is 1. The van der Waals surface area contributed by atoms with Gasteiger partial charge in [0.1, 0.15) is 11.2 Å². The van der Waals surface area contributed by atoms with Gasteiger partial charge in [-0.3, -0.25) is 4.79 Å². The van der Waals surface area contributed by atoms with Gasteiger partial charge in [-0.25, -0.2) is 0 Å². The fourth-order valence-corrected chi connectivity index (χ4v) is 1.41. The molecule has 0 aliphatic carbocycles. The standard InChI is InChI=1S/C14H18N2O2/c1-5-14(3,9-15)13(17)16-12-8-11(18-4)7-6-10(12)2/h6-8H,5H2,1-4H3,(H,16,17). The number of rotatable bonds is 4. The smallest absolute Gasteiger partial charge is 0.244 e. The summed E-state index contributed by atoms with van der Waals surface area (Å²) in [6.45, 7) is 5.35. The minimum Gasteiger partial charge on any atom is -0.497 e. The average molecular weight is 246 g/mol. The zero-order chi connectivity index (χ0) is 13.8. The lowest BCUT2D eigenvalue weighted by molar-refractivity contribution is -0.122. The molecule has 1 unspecified atom stereocenters. The highest BCUT2D eigenvalue weighted by molar-refractivity contribution is 5.97. The van der Waals surface area contributed by atoms with Gasteiger partial charge >= 0.3 is 0 Å². The summed E-state index contributed by atoms with van der Waals surface area (Å²) in [5.74, 6) is 0.384. The highest BCUT2D eigenvalue weighted by Gasteiger charge is 2.31. The van der Waals surface area contributed by atoms with Crippen molar-refractivity contribution in [2.24, 2.45) is 5.41 Å². The van der Waals surface area contributed by atoms with Gasteiger partial charge in [-0.2, -0.15) is 5.26 Å². The Labute approximate surface area is 108 Å². The Morgan fingerprint density at radius 1 is 1.56 bits per heavy atom. The summed E-state index contributed by atoms with van der Waals surface area (Å²) in [5.41, 5.74) is 0.602. The summed E-state index contributed by atoms with van der Waals surface area (Å²) in [6, 6.07) is 7.50. The number of anilines is 1. The van der Waals surface area contributed by atoms with Gasteiger partial charge in [0.2, 0.25) is 5.91 Å². The molecule has 0 saturated carbocycles. The highest BCUT2D eigenvalue weighted by atomic mass is 16.5. The summed E-state index contributed by atoms with van der Waals surface area (Å²) >= 11 is 0. The molecule has 18 heavy (non-hydrogen) atoms. The third kappa shape index (κ3) is 2.80. The van der Waals surface area contributed by atoms with E-state index in [0.717, 1.165) is 5.56 Å². The van der Waals surface area contributed by atoms with Crippen molar-refractivity contribution in [3.8, 4) is 11.8 Å². The van der Waals surface area contributed by atoms with Crippen molar-refractivity contribution >= 4 is 11.6 Å². The molecule has 1 amide bonds. The maximum atomic E-state index is 12.1. The fraction of sp³-hybridized carbons (Fsp3) is 0.429. The molecule has 1 aromatic carbocycles. The van der Waals surface area contributed by atoms with Crippen molar-refractivity contribution in [1.82, 2.24) is 0 Å². The molecule has 4 heteroatoms. The second-order valence-corrected chi connectivity index (χ2v) is 4.43. The first-order chi connectivity index (χ1) is 8.46. The van der Waals surface area contributed by atoms with Crippen molar-refractivity contribution in [1.29, 1.82) is 5.26 Å². The van der Waals surface area contributed by atoms with Gasteiger partial charge < -0.3 is 10.1 Å². The van der Waals surface area contributed by atoms with Crippen LogP contribution in [0.2, 0.25) is 0 Å². The number of amides is 1. The molecule has 0 fully saturated rings. The number of nitrogens with zero attached hydrogens (tertiary/aromatic N) is 1. The Morgan fingerprint density at radius 2 is 2.22 bits per heavy atom. The Hall–Kier alpha value is -2.02. The Kier molecular flexibility index (Phi) is 4.33. The lowest BCUT2D eigenvalue weighted by Gasteiger charge is -2.19. The third-order valence-electron chi connectivity index (χ3n) is 3.15. The molecule has 0 spiro atoms. The number of aryl methyl sites for hydroxylation is 1. The van der Waals surface area contributed by atoms with Crippen LogP contribution in [-0.4, -0.2) is 13.0 Å². The second-order valence-electron chi connectivity index (χ2n) is 4.43. The van der Waals surface area contributed by atoms with Crippen LogP contribution in [-0.2, 0) is 4.79 Å². The summed E-state index contributed by atoms with van der Waals surface area (Å²) < 4.78 is 5.11. The molecule has 1 atom stereocenters. The average Bonchev–Trinajstić information content (AvgIpc) is 2.40. The van der Waals surface area contributed by atoms with Crippen LogP contribution in [0.4, 0.5) is 5.69 Å². The quantitative estimate of drug-likeness (QED) is 0.888. The molecule has 4 nitrogen and oxygen atoms in total. The zero-order valence-corrected chi connectivity index (χ0v) is 11.2. The molecule has 0 aliphatic rings. The van der Waals surface area contributed by atoms with Gasteiger partial charge in [0.05, 0.1) is 13.2 Å². The van der Waals surface area contributed by atoms with E-state index >= 15 is 0 Å². The molecule has 0 radical (unpaired) electrons. The number of hydrogen-bond acceptors (Lipinski definition) is 3. The first kappa shape index (κ1) is 14.0. The van der Waals surface area contributed by atoms with Gasteiger partial charge in [-0.15, -0.1) is 0 Å². The maximum Gasteiger partial charge on any atom is 0.244 e. The summed E-state index contributed by atoms with van der Waals surface area (Å²) in [4.78, 5) is 12.1. The lowest BCUT2D eigenvalue weighted by Crippen LogP contribution is -2.31. The van der Waals surface area contributed by atoms with E-state index in [-0.39, 0.29) is 5.91 Å². The number of methoxy groups -OCH3 is 1. The van der Waals surface area contributed by atoms with Crippen LogP contribution < -0.4 is 10.1 Å². The van der Waals surface area contributed by atoms with Crippen LogP contribution in [0.15, 0.2) is 18.2 Å². The summed E-state index contributed by atoms with van der Waals surface area (Å²) in [6.07, 6.45) is 0.471. The predicted octanol–water partition coefficient (Wildman–Crippen LogP) is 2.88. The normalized spacial score (nSPS) is 13.3. The SMILES string of the molecule is CCC(C)(C#N)C(=O)Nc1cc(OC)ccc1C. The third-order valence-corrected chi connectivity index (χ3v) is 3.15. The van der Waals surface area contributed by atoms with Gasteiger partial charge in [0, 0.05) is 11.8 Å². The topological polar surface area (TPSA) is 62.1 Å². The van der Waals surface area contributed by atoms with Gasteiger partial charge in [0.25, 0.3) is 0 Å². The molecular formula is C14H18N2O2. The molecule has 1 aromatic rings. The number of ether oxygens (including phenoxy) is 1. The molecule has 0 heterocycles. The molecule has 0 bridgehead atoms. The minimum absolute atomic E-state index is 0.288. The van der Waals surface area contributed by atoms with Crippen molar-refractivity contribution in [3.05, 3.63) is 23.8 Å². The van der Waals surface area contributed by atoms with E-state index in [9.17, 15) is 4.79 Å². The number of hydrogen-bond donors (Lipinski definition) is 1. The van der Waals surface area contributed by atoms with Crippen molar-refractivity contribution in [2.45, 2.75) is 27.2 Å². The molecule has 1 N–H and O–H groups in total. The summed E-state index contributed by atoms with van der Waals surface area (Å²) in [7, 11) is 1.57. The van der Waals surface area contributed by atoms with Crippen molar-refractivity contribution < 1.29 is 9.53 Å². The Bertz CT molecular complexity index is 491. The number of benzene rings is 1. The molecule has 0 aromatic heterocycles. The zero-order valence-electron chi connectivity index (χ0n) is 11.2. The monoisotopic (exact) mass is 246 g/mol. The van der Waals surface area contributed by atoms with E-state index in [1.165, 1.54) is 0 Å². The predicted molar refractivity (Wildman–Crippen MR) is 70.4 cm³/mol. The van der Waals surface area contributed by atoms with Crippen molar-refractivity contribution in [3.63, 3.8) is 0 Å². The largest absolute Gasteiger partial charge is 0.497 e. The molecule has 96 valence electrons.